The predicted molar refractivity (Wildman–Crippen MR) is 76.5 cm³/mol. The van der Waals surface area contributed by atoms with Crippen LogP contribution in [0.15, 0.2) is 54.6 Å². The highest BCUT2D eigenvalue weighted by atomic mass is 35.5. The summed E-state index contributed by atoms with van der Waals surface area (Å²) in [4.78, 5) is 4.34. The minimum Gasteiger partial charge on any atom is -0.203 e. The fraction of sp³-hybridized carbons (Fsp3) is 0.0667. The highest BCUT2D eigenvalue weighted by Crippen LogP contribution is 2.23. The number of halogens is 1. The van der Waals surface area contributed by atoms with E-state index in [0.29, 0.717) is 11.1 Å². The minimum absolute atomic E-state index is 0.365. The molecule has 0 fully saturated rings. The second-order valence-electron chi connectivity index (χ2n) is 4.27. The third kappa shape index (κ3) is 2.25. The molecule has 0 aliphatic rings. The summed E-state index contributed by atoms with van der Waals surface area (Å²) >= 11 is 6.17. The molecule has 1 heterocycles. The van der Waals surface area contributed by atoms with E-state index < -0.39 is 0 Å². The van der Waals surface area contributed by atoms with Crippen molar-refractivity contribution in [1.29, 1.82) is 0 Å². The second-order valence-corrected chi connectivity index (χ2v) is 4.60. The molecule has 0 aliphatic heterocycles. The predicted octanol–water partition coefficient (Wildman–Crippen LogP) is 3.90. The molecular weight excluding hydrogens is 258 g/mol. The third-order valence-electron chi connectivity index (χ3n) is 2.95. The van der Waals surface area contributed by atoms with Gasteiger partial charge in [0.1, 0.15) is 0 Å². The molecule has 1 aromatic heterocycles. The van der Waals surface area contributed by atoms with Gasteiger partial charge < -0.3 is 0 Å². The molecule has 3 aromatic rings. The molecule has 0 radical (unpaired) electrons. The number of aromatic nitrogens is 3. The lowest BCUT2D eigenvalue weighted by molar-refractivity contribution is 0.882. The second kappa shape index (κ2) is 4.86. The Labute approximate surface area is 116 Å². The van der Waals surface area contributed by atoms with Crippen molar-refractivity contribution < 1.29 is 0 Å². The highest BCUT2D eigenvalue weighted by Gasteiger charge is 2.12. The van der Waals surface area contributed by atoms with Gasteiger partial charge in [-0.1, -0.05) is 42.5 Å². The zero-order chi connectivity index (χ0) is 13.2. The highest BCUT2D eigenvalue weighted by molar-refractivity contribution is 6.28. The number of benzene rings is 2. The lowest BCUT2D eigenvalue weighted by Gasteiger charge is -2.01. The van der Waals surface area contributed by atoms with Crippen LogP contribution in [0.1, 0.15) is 5.56 Å². The van der Waals surface area contributed by atoms with Crippen molar-refractivity contribution in [2.45, 2.75) is 6.92 Å². The van der Waals surface area contributed by atoms with Crippen molar-refractivity contribution in [1.82, 2.24) is 14.8 Å². The molecule has 0 N–H and O–H groups in total. The molecule has 19 heavy (non-hydrogen) atoms. The number of rotatable bonds is 2. The first-order valence-corrected chi connectivity index (χ1v) is 6.37. The van der Waals surface area contributed by atoms with Gasteiger partial charge in [-0.3, -0.25) is 0 Å². The maximum Gasteiger partial charge on any atom is 0.226 e. The normalized spacial score (nSPS) is 10.6. The third-order valence-corrected chi connectivity index (χ3v) is 3.20. The van der Waals surface area contributed by atoms with Crippen LogP contribution >= 0.6 is 11.6 Å². The van der Waals surface area contributed by atoms with Gasteiger partial charge in [0.2, 0.25) is 5.28 Å². The summed E-state index contributed by atoms with van der Waals surface area (Å²) in [7, 11) is 0. The van der Waals surface area contributed by atoms with Crippen molar-refractivity contribution in [2.75, 3.05) is 0 Å². The van der Waals surface area contributed by atoms with Crippen LogP contribution < -0.4 is 0 Å². The molecule has 2 aromatic carbocycles. The van der Waals surface area contributed by atoms with Gasteiger partial charge in [-0.2, -0.15) is 4.98 Å². The average molecular weight is 270 g/mol. The van der Waals surface area contributed by atoms with E-state index in [-0.39, 0.29) is 0 Å². The molecule has 0 aliphatic carbocycles. The van der Waals surface area contributed by atoms with Crippen LogP contribution in [-0.2, 0) is 0 Å². The van der Waals surface area contributed by atoms with Crippen LogP contribution in [0, 0.1) is 6.92 Å². The van der Waals surface area contributed by atoms with Crippen LogP contribution in [0.3, 0.4) is 0 Å². The monoisotopic (exact) mass is 269 g/mol. The number of para-hydroxylation sites is 1. The first-order valence-electron chi connectivity index (χ1n) is 6.00. The molecule has 0 saturated heterocycles. The Kier molecular flexibility index (Phi) is 3.05. The fourth-order valence-corrected chi connectivity index (χ4v) is 2.18. The topological polar surface area (TPSA) is 30.7 Å². The largest absolute Gasteiger partial charge is 0.226 e. The maximum atomic E-state index is 6.17. The number of hydrogen-bond donors (Lipinski definition) is 0. The number of nitrogens with zero attached hydrogens (tertiary/aromatic N) is 3. The number of hydrogen-bond acceptors (Lipinski definition) is 2. The molecular formula is C15H12ClN3. The van der Waals surface area contributed by atoms with E-state index in [4.69, 9.17) is 11.6 Å². The maximum absolute atomic E-state index is 6.17. The van der Waals surface area contributed by atoms with Gasteiger partial charge in [0.15, 0.2) is 5.82 Å². The summed E-state index contributed by atoms with van der Waals surface area (Å²) in [6, 6.07) is 17.7. The van der Waals surface area contributed by atoms with E-state index in [1.54, 1.807) is 4.68 Å². The van der Waals surface area contributed by atoms with Gasteiger partial charge >= 0.3 is 0 Å². The zero-order valence-electron chi connectivity index (χ0n) is 10.4. The fourth-order valence-electron chi connectivity index (χ4n) is 1.96. The lowest BCUT2D eigenvalue weighted by atomic mass is 10.1. The van der Waals surface area contributed by atoms with Crippen molar-refractivity contribution in [3.05, 3.63) is 65.4 Å². The molecule has 0 saturated carbocycles. The van der Waals surface area contributed by atoms with Crippen LogP contribution in [0.2, 0.25) is 5.28 Å². The van der Waals surface area contributed by atoms with E-state index in [0.717, 1.165) is 16.8 Å². The van der Waals surface area contributed by atoms with E-state index in [1.165, 1.54) is 0 Å². The van der Waals surface area contributed by atoms with Gasteiger partial charge in [-0.25, -0.2) is 4.68 Å². The molecule has 0 unspecified atom stereocenters. The summed E-state index contributed by atoms with van der Waals surface area (Å²) in [6.45, 7) is 2.03. The van der Waals surface area contributed by atoms with E-state index in [9.17, 15) is 0 Å². The smallest absolute Gasteiger partial charge is 0.203 e. The van der Waals surface area contributed by atoms with Gasteiger partial charge in [-0.05, 0) is 36.2 Å². The summed E-state index contributed by atoms with van der Waals surface area (Å²) in [5.74, 6) is 0.645. The first kappa shape index (κ1) is 11.9. The summed E-state index contributed by atoms with van der Waals surface area (Å²) in [6.07, 6.45) is 0. The van der Waals surface area contributed by atoms with Crippen molar-refractivity contribution >= 4 is 11.6 Å². The molecule has 4 heteroatoms. The molecule has 0 spiro atoms. The van der Waals surface area contributed by atoms with Crippen LogP contribution in [-0.4, -0.2) is 14.8 Å². The first-order chi connectivity index (χ1) is 9.25. The molecule has 0 bridgehead atoms. The molecule has 3 nitrogen and oxygen atoms in total. The Morgan fingerprint density at radius 2 is 1.63 bits per heavy atom. The van der Waals surface area contributed by atoms with Crippen LogP contribution in [0.4, 0.5) is 0 Å². The number of aryl methyl sites for hydroxylation is 1. The Morgan fingerprint density at radius 1 is 0.947 bits per heavy atom. The Morgan fingerprint density at radius 3 is 2.37 bits per heavy atom. The van der Waals surface area contributed by atoms with Crippen LogP contribution in [0.5, 0.6) is 0 Å². The molecule has 0 atom stereocenters. The van der Waals surface area contributed by atoms with Gasteiger partial charge in [-0.15, -0.1) is 5.10 Å². The lowest BCUT2D eigenvalue weighted by Crippen LogP contribution is -1.96. The summed E-state index contributed by atoms with van der Waals surface area (Å²) in [5, 5.41) is 4.85. The Balaban J connectivity index is 2.10. The van der Waals surface area contributed by atoms with Crippen molar-refractivity contribution in [3.8, 4) is 17.1 Å². The Bertz CT molecular complexity index is 704. The molecule has 94 valence electrons. The SMILES string of the molecule is Cc1ccccc1-c1nc(Cl)n(-c2ccccc2)n1. The van der Waals surface area contributed by atoms with E-state index >= 15 is 0 Å². The standard InChI is InChI=1S/C15H12ClN3/c1-11-7-5-6-10-13(11)14-17-15(16)19(18-14)12-8-3-2-4-9-12/h2-10H,1H3. The van der Waals surface area contributed by atoms with E-state index in [2.05, 4.69) is 10.1 Å². The Hall–Kier alpha value is -2.13. The summed E-state index contributed by atoms with van der Waals surface area (Å²) < 4.78 is 1.64. The zero-order valence-corrected chi connectivity index (χ0v) is 11.2. The average Bonchev–Trinajstić information content (AvgIpc) is 2.82. The van der Waals surface area contributed by atoms with Gasteiger partial charge in [0, 0.05) is 5.56 Å². The van der Waals surface area contributed by atoms with Crippen molar-refractivity contribution in [2.24, 2.45) is 0 Å². The van der Waals surface area contributed by atoms with Gasteiger partial charge in [0.25, 0.3) is 0 Å². The molecule has 3 rings (SSSR count). The van der Waals surface area contributed by atoms with Crippen LogP contribution in [0.25, 0.3) is 17.1 Å². The van der Waals surface area contributed by atoms with E-state index in [1.807, 2.05) is 61.5 Å². The summed E-state index contributed by atoms with van der Waals surface area (Å²) in [5.41, 5.74) is 3.03. The van der Waals surface area contributed by atoms with Crippen molar-refractivity contribution in [3.63, 3.8) is 0 Å². The quantitative estimate of drug-likeness (QED) is 0.706. The van der Waals surface area contributed by atoms with Gasteiger partial charge in [0.05, 0.1) is 5.69 Å². The molecule has 0 amide bonds. The minimum atomic E-state index is 0.365.